The lowest BCUT2D eigenvalue weighted by Gasteiger charge is -2.08. The lowest BCUT2D eigenvalue weighted by Crippen LogP contribution is -2.39. The fourth-order valence-electron chi connectivity index (χ4n) is 1.27. The van der Waals surface area contributed by atoms with Crippen molar-refractivity contribution in [2.75, 3.05) is 7.11 Å². The average Bonchev–Trinajstić information content (AvgIpc) is 2.51. The highest BCUT2D eigenvalue weighted by Gasteiger charge is 2.33. The standard InChI is InChI=1S/C7H11NO4/c1-12-7(11)5-3-2-4(8-5)6(9)10/h4-5,8H,2-3H2,1H3,(H,9,10)/t4-,5-/m1/s1. The third-order valence-corrected chi connectivity index (χ3v) is 1.93. The van der Waals surface area contributed by atoms with Crippen molar-refractivity contribution in [1.29, 1.82) is 0 Å². The Balaban J connectivity index is 2.45. The Morgan fingerprint density at radius 3 is 2.42 bits per heavy atom. The number of carbonyl (C=O) groups is 2. The molecule has 0 aromatic carbocycles. The van der Waals surface area contributed by atoms with E-state index in [1.54, 1.807) is 0 Å². The van der Waals surface area contributed by atoms with Crippen molar-refractivity contribution >= 4 is 11.9 Å². The van der Waals surface area contributed by atoms with Crippen LogP contribution in [0.4, 0.5) is 0 Å². The molecule has 0 aromatic heterocycles. The molecule has 0 aliphatic carbocycles. The van der Waals surface area contributed by atoms with Crippen LogP contribution in [0.5, 0.6) is 0 Å². The van der Waals surface area contributed by atoms with Gasteiger partial charge < -0.3 is 9.84 Å². The molecule has 0 bridgehead atoms. The molecule has 0 amide bonds. The van der Waals surface area contributed by atoms with Crippen LogP contribution in [-0.2, 0) is 14.3 Å². The molecular weight excluding hydrogens is 162 g/mol. The maximum atomic E-state index is 10.9. The molecule has 5 nitrogen and oxygen atoms in total. The average molecular weight is 173 g/mol. The number of methoxy groups -OCH3 is 1. The Kier molecular flexibility index (Phi) is 2.65. The van der Waals surface area contributed by atoms with E-state index in [1.807, 2.05) is 0 Å². The first-order valence-corrected chi connectivity index (χ1v) is 3.72. The van der Waals surface area contributed by atoms with Crippen LogP contribution in [0.15, 0.2) is 0 Å². The highest BCUT2D eigenvalue weighted by molar-refractivity contribution is 5.80. The number of carbonyl (C=O) groups excluding carboxylic acids is 1. The van der Waals surface area contributed by atoms with E-state index in [4.69, 9.17) is 5.11 Å². The summed E-state index contributed by atoms with van der Waals surface area (Å²) in [5.41, 5.74) is 0. The SMILES string of the molecule is COC(=O)[C@H]1CC[C@H](C(=O)O)N1. The van der Waals surface area contributed by atoms with Gasteiger partial charge in [0.15, 0.2) is 0 Å². The van der Waals surface area contributed by atoms with Gasteiger partial charge in [0, 0.05) is 0 Å². The first-order chi connectivity index (χ1) is 5.65. The maximum absolute atomic E-state index is 10.9. The molecule has 12 heavy (non-hydrogen) atoms. The molecule has 1 rings (SSSR count). The number of carboxylic acids is 1. The van der Waals surface area contributed by atoms with Gasteiger partial charge in [0.05, 0.1) is 7.11 Å². The van der Waals surface area contributed by atoms with Crippen molar-refractivity contribution in [1.82, 2.24) is 5.32 Å². The lowest BCUT2D eigenvalue weighted by molar-refractivity contribution is -0.143. The third-order valence-electron chi connectivity index (χ3n) is 1.93. The van der Waals surface area contributed by atoms with E-state index in [1.165, 1.54) is 7.11 Å². The summed E-state index contributed by atoms with van der Waals surface area (Å²) in [6.45, 7) is 0. The zero-order valence-electron chi connectivity index (χ0n) is 6.74. The van der Waals surface area contributed by atoms with Crippen LogP contribution in [0.25, 0.3) is 0 Å². The number of hydrogen-bond donors (Lipinski definition) is 2. The molecule has 1 saturated heterocycles. The fourth-order valence-corrected chi connectivity index (χ4v) is 1.27. The van der Waals surface area contributed by atoms with Gasteiger partial charge in [0.25, 0.3) is 0 Å². The molecule has 68 valence electrons. The minimum absolute atomic E-state index is 0.390. The predicted octanol–water partition coefficient (Wildman–Crippen LogP) is -0.635. The molecule has 0 unspecified atom stereocenters. The molecule has 2 N–H and O–H groups in total. The van der Waals surface area contributed by atoms with E-state index in [-0.39, 0.29) is 0 Å². The van der Waals surface area contributed by atoms with Crippen molar-refractivity contribution in [2.45, 2.75) is 24.9 Å². The number of esters is 1. The van der Waals surface area contributed by atoms with Crippen molar-refractivity contribution < 1.29 is 19.4 Å². The Morgan fingerprint density at radius 1 is 1.42 bits per heavy atom. The quantitative estimate of drug-likeness (QED) is 0.543. The predicted molar refractivity (Wildman–Crippen MR) is 39.6 cm³/mol. The summed E-state index contributed by atoms with van der Waals surface area (Å²) in [5, 5.41) is 11.2. The van der Waals surface area contributed by atoms with E-state index in [9.17, 15) is 9.59 Å². The van der Waals surface area contributed by atoms with Crippen molar-refractivity contribution in [3.8, 4) is 0 Å². The zero-order valence-corrected chi connectivity index (χ0v) is 6.74. The summed E-state index contributed by atoms with van der Waals surface area (Å²) in [6.07, 6.45) is 1.01. The van der Waals surface area contributed by atoms with Gasteiger partial charge >= 0.3 is 11.9 Å². The Hall–Kier alpha value is -1.10. The second-order valence-corrected chi connectivity index (χ2v) is 2.71. The Bertz CT molecular complexity index is 204. The molecular formula is C7H11NO4. The normalized spacial score (nSPS) is 28.4. The van der Waals surface area contributed by atoms with E-state index >= 15 is 0 Å². The van der Waals surface area contributed by atoms with Crippen LogP contribution in [0.1, 0.15) is 12.8 Å². The number of hydrogen-bond acceptors (Lipinski definition) is 4. The van der Waals surface area contributed by atoms with Gasteiger partial charge in [-0.25, -0.2) is 0 Å². The van der Waals surface area contributed by atoms with Crippen LogP contribution in [0.3, 0.4) is 0 Å². The number of carboxylic acid groups (broad SMARTS) is 1. The summed E-state index contributed by atoms with van der Waals surface area (Å²) in [5.74, 6) is -1.31. The van der Waals surface area contributed by atoms with E-state index in [0.717, 1.165) is 0 Å². The second-order valence-electron chi connectivity index (χ2n) is 2.71. The van der Waals surface area contributed by atoms with Gasteiger partial charge in [-0.3, -0.25) is 14.9 Å². The molecule has 0 aromatic rings. The van der Waals surface area contributed by atoms with E-state index in [0.29, 0.717) is 12.8 Å². The minimum atomic E-state index is -0.915. The number of rotatable bonds is 2. The summed E-state index contributed by atoms with van der Waals surface area (Å²) in [4.78, 5) is 21.3. The van der Waals surface area contributed by atoms with Gasteiger partial charge in [-0.15, -0.1) is 0 Å². The molecule has 1 fully saturated rings. The monoisotopic (exact) mass is 173 g/mol. The molecule has 2 atom stereocenters. The topological polar surface area (TPSA) is 75.6 Å². The fraction of sp³-hybridized carbons (Fsp3) is 0.714. The number of nitrogens with one attached hydrogen (secondary N) is 1. The van der Waals surface area contributed by atoms with Crippen LogP contribution in [0.2, 0.25) is 0 Å². The molecule has 5 heteroatoms. The molecule has 1 aliphatic heterocycles. The van der Waals surface area contributed by atoms with Crippen LogP contribution in [0, 0.1) is 0 Å². The van der Waals surface area contributed by atoms with Gasteiger partial charge in [-0.1, -0.05) is 0 Å². The molecule has 1 heterocycles. The van der Waals surface area contributed by atoms with Crippen molar-refractivity contribution in [2.24, 2.45) is 0 Å². The summed E-state index contributed by atoms with van der Waals surface area (Å²) in [6, 6.07) is -1.05. The molecule has 0 saturated carbocycles. The van der Waals surface area contributed by atoms with Crippen LogP contribution in [-0.4, -0.2) is 36.2 Å². The molecule has 1 aliphatic rings. The van der Waals surface area contributed by atoms with Gasteiger partial charge in [-0.05, 0) is 12.8 Å². The molecule has 0 spiro atoms. The summed E-state index contributed by atoms with van der Waals surface area (Å²) >= 11 is 0. The van der Waals surface area contributed by atoms with E-state index < -0.39 is 24.0 Å². The highest BCUT2D eigenvalue weighted by atomic mass is 16.5. The van der Waals surface area contributed by atoms with Gasteiger partial charge in [-0.2, -0.15) is 0 Å². The van der Waals surface area contributed by atoms with E-state index in [2.05, 4.69) is 10.1 Å². The third kappa shape index (κ3) is 1.73. The number of ether oxygens (including phenoxy) is 1. The Labute approximate surface area is 69.7 Å². The highest BCUT2D eigenvalue weighted by Crippen LogP contribution is 2.13. The van der Waals surface area contributed by atoms with Crippen LogP contribution < -0.4 is 5.32 Å². The summed E-state index contributed by atoms with van der Waals surface area (Å²) < 4.78 is 4.47. The van der Waals surface area contributed by atoms with Crippen LogP contribution >= 0.6 is 0 Å². The first-order valence-electron chi connectivity index (χ1n) is 3.72. The first kappa shape index (κ1) is 8.99. The Morgan fingerprint density at radius 2 is 2.00 bits per heavy atom. The second kappa shape index (κ2) is 3.53. The summed E-state index contributed by atoms with van der Waals surface area (Å²) in [7, 11) is 1.29. The maximum Gasteiger partial charge on any atom is 0.322 e. The van der Waals surface area contributed by atoms with Gasteiger partial charge in [0.2, 0.25) is 0 Å². The van der Waals surface area contributed by atoms with Gasteiger partial charge in [0.1, 0.15) is 12.1 Å². The largest absolute Gasteiger partial charge is 0.480 e. The smallest absolute Gasteiger partial charge is 0.322 e. The van der Waals surface area contributed by atoms with Crippen molar-refractivity contribution in [3.63, 3.8) is 0 Å². The zero-order chi connectivity index (χ0) is 9.14. The lowest BCUT2D eigenvalue weighted by atomic mass is 10.2. The molecule has 0 radical (unpaired) electrons. The van der Waals surface area contributed by atoms with Crippen molar-refractivity contribution in [3.05, 3.63) is 0 Å². The number of aliphatic carboxylic acids is 1. The minimum Gasteiger partial charge on any atom is -0.480 e.